The molecule has 4 heteroatoms. The maximum Gasteiger partial charge on any atom is 2.00 e. The Kier molecular flexibility index (Phi) is 16.5. The van der Waals surface area contributed by atoms with Crippen LogP contribution in [-0.2, 0) is 19.5 Å². The van der Waals surface area contributed by atoms with Gasteiger partial charge in [-0.2, -0.15) is 0 Å². The van der Waals surface area contributed by atoms with Crippen molar-refractivity contribution in [2.45, 2.75) is 19.3 Å². The molecule has 0 unspecified atom stereocenters. The second-order valence-corrected chi connectivity index (χ2v) is 2.36. The third kappa shape index (κ3) is 6.83. The fourth-order valence-electron chi connectivity index (χ4n) is 1.05. The SMILES string of the molecule is CN1CCCCC1.[BH4-].[BH4-].[Zn+2]. The summed E-state index contributed by atoms with van der Waals surface area (Å²) in [4.78, 5) is 2.39. The summed E-state index contributed by atoms with van der Waals surface area (Å²) < 4.78 is 0. The van der Waals surface area contributed by atoms with E-state index in [9.17, 15) is 0 Å². The molecule has 0 saturated carbocycles. The van der Waals surface area contributed by atoms with Crippen molar-refractivity contribution in [3.63, 3.8) is 0 Å². The molecule has 1 fully saturated rings. The van der Waals surface area contributed by atoms with E-state index in [-0.39, 0.29) is 36.3 Å². The summed E-state index contributed by atoms with van der Waals surface area (Å²) in [5.74, 6) is 0. The molecular weight excluding hydrogens is 173 g/mol. The van der Waals surface area contributed by atoms with Crippen LogP contribution in [0.3, 0.4) is 0 Å². The van der Waals surface area contributed by atoms with Crippen LogP contribution in [0.25, 0.3) is 0 Å². The van der Waals surface area contributed by atoms with Crippen molar-refractivity contribution < 1.29 is 19.5 Å². The minimum absolute atomic E-state index is 0. The summed E-state index contributed by atoms with van der Waals surface area (Å²) in [5.41, 5.74) is 0. The molecule has 0 spiro atoms. The van der Waals surface area contributed by atoms with Gasteiger partial charge in [-0.3, -0.25) is 0 Å². The van der Waals surface area contributed by atoms with Crippen LogP contribution in [0, 0.1) is 0 Å². The molecule has 0 N–H and O–H groups in total. The van der Waals surface area contributed by atoms with Crippen LogP contribution in [0.15, 0.2) is 0 Å². The molecule has 1 aliphatic heterocycles. The maximum atomic E-state index is 2.39. The molecule has 10 heavy (non-hydrogen) atoms. The third-order valence-electron chi connectivity index (χ3n) is 1.58. The van der Waals surface area contributed by atoms with E-state index in [0.29, 0.717) is 0 Å². The van der Waals surface area contributed by atoms with Gasteiger partial charge in [0, 0.05) is 0 Å². The van der Waals surface area contributed by atoms with Crippen LogP contribution in [0.5, 0.6) is 0 Å². The van der Waals surface area contributed by atoms with Crippen LogP contribution in [0.1, 0.15) is 19.3 Å². The van der Waals surface area contributed by atoms with Gasteiger partial charge in [-0.05, 0) is 33.0 Å². The average molecular weight is 194 g/mol. The summed E-state index contributed by atoms with van der Waals surface area (Å²) in [6.45, 7) is 2.64. The zero-order valence-electron chi connectivity index (χ0n) is 5.69. The molecule has 0 aromatic heterocycles. The van der Waals surface area contributed by atoms with E-state index in [1.165, 1.54) is 32.4 Å². The molecule has 1 heterocycles. The Morgan fingerprint density at radius 2 is 1.30 bits per heavy atom. The van der Waals surface area contributed by atoms with E-state index >= 15 is 0 Å². The average Bonchev–Trinajstić information content (AvgIpc) is 1.69. The molecule has 0 amide bonds. The zero-order chi connectivity index (χ0) is 5.11. The van der Waals surface area contributed by atoms with E-state index in [1.807, 2.05) is 0 Å². The van der Waals surface area contributed by atoms with Crippen molar-refractivity contribution in [3.8, 4) is 0 Å². The summed E-state index contributed by atoms with van der Waals surface area (Å²) in [5, 5.41) is 0. The standard InChI is InChI=1S/C6H13N.2BH4.Zn/c1-7-5-3-2-4-6-7;;;/h2-6H2,1H3;2*1H4;/q;2*-1;+2. The normalized spacial score (nSPS) is 17.7. The first-order valence-corrected chi connectivity index (χ1v) is 3.08. The zero-order valence-corrected chi connectivity index (χ0v) is 8.66. The molecule has 0 aromatic rings. The van der Waals surface area contributed by atoms with Crippen LogP contribution < -0.4 is 0 Å². The summed E-state index contributed by atoms with van der Waals surface area (Å²) >= 11 is 0. The Labute approximate surface area is 80.8 Å². The largest absolute Gasteiger partial charge is 2.00 e. The van der Waals surface area contributed by atoms with Gasteiger partial charge in [0.2, 0.25) is 0 Å². The van der Waals surface area contributed by atoms with Crippen LogP contribution >= 0.6 is 0 Å². The van der Waals surface area contributed by atoms with E-state index < -0.39 is 0 Å². The first kappa shape index (κ1) is 17.0. The van der Waals surface area contributed by atoms with Crippen molar-refractivity contribution in [1.82, 2.24) is 4.90 Å². The number of hydrogen-bond acceptors (Lipinski definition) is 1. The Hall–Kier alpha value is 0.713. The summed E-state index contributed by atoms with van der Waals surface area (Å²) in [7, 11) is 2.19. The minimum Gasteiger partial charge on any atom is -0.306 e. The first-order valence-electron chi connectivity index (χ1n) is 3.08. The maximum absolute atomic E-state index is 2.39. The molecule has 0 radical (unpaired) electrons. The molecule has 1 saturated heterocycles. The van der Waals surface area contributed by atoms with Gasteiger partial charge in [0.1, 0.15) is 0 Å². The fraction of sp³-hybridized carbons (Fsp3) is 1.00. The number of rotatable bonds is 0. The fourth-order valence-corrected chi connectivity index (χ4v) is 1.05. The van der Waals surface area contributed by atoms with Crippen molar-refractivity contribution in [1.29, 1.82) is 0 Å². The topological polar surface area (TPSA) is 3.24 Å². The Balaban J connectivity index is -0.000000163. The van der Waals surface area contributed by atoms with Gasteiger partial charge in [-0.1, -0.05) is 23.2 Å². The molecule has 58 valence electrons. The molecule has 1 aliphatic rings. The van der Waals surface area contributed by atoms with Gasteiger partial charge in [0.25, 0.3) is 0 Å². The van der Waals surface area contributed by atoms with E-state index in [1.54, 1.807) is 0 Å². The molecule has 0 aromatic carbocycles. The smallest absolute Gasteiger partial charge is 0.306 e. The van der Waals surface area contributed by atoms with Crippen LogP contribution in [0.2, 0.25) is 0 Å². The van der Waals surface area contributed by atoms with Crippen molar-refractivity contribution in [2.75, 3.05) is 20.1 Å². The van der Waals surface area contributed by atoms with Crippen molar-refractivity contribution in [2.24, 2.45) is 0 Å². The van der Waals surface area contributed by atoms with Gasteiger partial charge in [-0.25, -0.2) is 0 Å². The van der Waals surface area contributed by atoms with Gasteiger partial charge >= 0.3 is 19.5 Å². The predicted molar refractivity (Wildman–Crippen MR) is 54.0 cm³/mol. The van der Waals surface area contributed by atoms with Crippen molar-refractivity contribution in [3.05, 3.63) is 0 Å². The number of piperidine rings is 1. The quantitative estimate of drug-likeness (QED) is 0.411. The van der Waals surface area contributed by atoms with Gasteiger partial charge in [0.15, 0.2) is 0 Å². The van der Waals surface area contributed by atoms with Gasteiger partial charge in [-0.15, -0.1) is 0 Å². The number of likely N-dealkylation sites (tertiary alicyclic amines) is 1. The molecular formula is C6H21B2NZn. The van der Waals surface area contributed by atoms with Gasteiger partial charge < -0.3 is 4.90 Å². The van der Waals surface area contributed by atoms with E-state index in [0.717, 1.165) is 0 Å². The molecule has 1 nitrogen and oxygen atoms in total. The molecule has 0 bridgehead atoms. The molecule has 0 aliphatic carbocycles. The summed E-state index contributed by atoms with van der Waals surface area (Å²) in [6.07, 6.45) is 4.28. The Morgan fingerprint density at radius 3 is 1.50 bits per heavy atom. The van der Waals surface area contributed by atoms with Gasteiger partial charge in [0.05, 0.1) is 0 Å². The Bertz CT molecular complexity index is 57.7. The third-order valence-corrected chi connectivity index (χ3v) is 1.58. The van der Waals surface area contributed by atoms with E-state index in [4.69, 9.17) is 0 Å². The predicted octanol–water partition coefficient (Wildman–Crippen LogP) is -1.80. The molecule has 0 atom stereocenters. The second kappa shape index (κ2) is 9.71. The van der Waals surface area contributed by atoms with Crippen LogP contribution in [0.4, 0.5) is 0 Å². The first-order chi connectivity index (χ1) is 3.39. The van der Waals surface area contributed by atoms with Crippen LogP contribution in [-0.4, -0.2) is 41.9 Å². The minimum atomic E-state index is 0. The Morgan fingerprint density at radius 1 is 0.900 bits per heavy atom. The summed E-state index contributed by atoms with van der Waals surface area (Å²) in [6, 6.07) is 0. The molecule has 1 rings (SSSR count). The second-order valence-electron chi connectivity index (χ2n) is 2.36. The number of hydrogen-bond donors (Lipinski definition) is 0. The van der Waals surface area contributed by atoms with Crippen molar-refractivity contribution >= 4 is 16.8 Å². The number of nitrogens with zero attached hydrogens (tertiary/aromatic N) is 1. The van der Waals surface area contributed by atoms with E-state index in [2.05, 4.69) is 11.9 Å². The monoisotopic (exact) mass is 193 g/mol.